The Morgan fingerprint density at radius 2 is 1.64 bits per heavy atom. The molecule has 2 N–H and O–H groups in total. The molecule has 6 nitrogen and oxygen atoms in total. The molecule has 0 aliphatic heterocycles. The zero-order valence-corrected chi connectivity index (χ0v) is 14.6. The van der Waals surface area contributed by atoms with Crippen molar-refractivity contribution in [1.82, 2.24) is 0 Å². The van der Waals surface area contributed by atoms with Gasteiger partial charge in [0.2, 0.25) is 0 Å². The molecule has 0 unspecified atom stereocenters. The first kappa shape index (κ1) is 18.7. The van der Waals surface area contributed by atoms with Crippen LogP contribution >= 0.6 is 0 Å². The van der Waals surface area contributed by atoms with Gasteiger partial charge in [0.15, 0.2) is 0 Å². The van der Waals surface area contributed by atoms with E-state index in [2.05, 4.69) is 0 Å². The highest BCUT2D eigenvalue weighted by Gasteiger charge is 2.07. The lowest BCUT2D eigenvalue weighted by Gasteiger charge is -2.03. The minimum Gasteiger partial charge on any atom is -0.508 e. The van der Waals surface area contributed by atoms with Crippen LogP contribution in [0.5, 0.6) is 5.75 Å². The summed E-state index contributed by atoms with van der Waals surface area (Å²) in [5.74, 6) is -0.211. The fourth-order valence-corrected chi connectivity index (χ4v) is 2.84. The second kappa shape index (κ2) is 7.50. The van der Waals surface area contributed by atoms with Crippen molar-refractivity contribution in [2.45, 2.75) is 19.6 Å². The normalized spacial score (nSPS) is 11.0. The molecule has 1 aromatic heterocycles. The Morgan fingerprint density at radius 1 is 1.00 bits per heavy atom. The van der Waals surface area contributed by atoms with Gasteiger partial charge in [0.05, 0.1) is 0 Å². The maximum atomic E-state index is 11.3. The summed E-state index contributed by atoms with van der Waals surface area (Å²) in [5, 5.41) is 10.1. The van der Waals surface area contributed by atoms with Gasteiger partial charge < -0.3 is 9.52 Å². The van der Waals surface area contributed by atoms with E-state index in [9.17, 15) is 18.3 Å². The number of benzene rings is 2. The lowest BCUT2D eigenvalue weighted by Crippen LogP contribution is -2.05. The third-order valence-corrected chi connectivity index (χ3v) is 4.33. The van der Waals surface area contributed by atoms with Gasteiger partial charge in [-0.15, -0.1) is 0 Å². The summed E-state index contributed by atoms with van der Waals surface area (Å²) in [5.41, 5.74) is 2.19. The molecule has 1 heterocycles. The zero-order chi connectivity index (χ0) is 18.6. The van der Waals surface area contributed by atoms with E-state index in [4.69, 9.17) is 8.97 Å². The van der Waals surface area contributed by atoms with Crippen molar-refractivity contribution >= 4 is 21.1 Å². The molecule has 0 saturated heterocycles. The number of phenolic OH excluding ortho intramolecular Hbond substituents is 1. The largest absolute Gasteiger partial charge is 0.508 e. The number of rotatable bonds is 2. The zero-order valence-electron chi connectivity index (χ0n) is 13.8. The number of hydrogen-bond donors (Lipinski definition) is 2. The van der Waals surface area contributed by atoms with E-state index in [1.54, 1.807) is 49.4 Å². The summed E-state index contributed by atoms with van der Waals surface area (Å²) < 4.78 is 34.2. The summed E-state index contributed by atoms with van der Waals surface area (Å²) in [6.45, 7) is 3.60. The van der Waals surface area contributed by atoms with Crippen molar-refractivity contribution in [3.8, 4) is 5.75 Å². The molecule has 0 amide bonds. The summed E-state index contributed by atoms with van der Waals surface area (Å²) in [6.07, 6.45) is 0. The van der Waals surface area contributed by atoms with E-state index < -0.39 is 10.1 Å². The van der Waals surface area contributed by atoms with Crippen molar-refractivity contribution in [3.63, 3.8) is 0 Å². The third kappa shape index (κ3) is 5.17. The molecular weight excluding hydrogens is 344 g/mol. The molecule has 0 saturated carbocycles. The van der Waals surface area contributed by atoms with Gasteiger partial charge in [0.1, 0.15) is 17.1 Å². The van der Waals surface area contributed by atoms with E-state index >= 15 is 0 Å². The van der Waals surface area contributed by atoms with Gasteiger partial charge in [-0.2, -0.15) is 8.42 Å². The monoisotopic (exact) mass is 362 g/mol. The Morgan fingerprint density at radius 3 is 2.24 bits per heavy atom. The summed E-state index contributed by atoms with van der Waals surface area (Å²) in [6, 6.07) is 13.3. The molecule has 0 atom stereocenters. The molecule has 132 valence electrons. The molecule has 25 heavy (non-hydrogen) atoms. The second-order valence-corrected chi connectivity index (χ2v) is 6.98. The molecule has 0 spiro atoms. The predicted octanol–water partition coefficient (Wildman–Crippen LogP) is 3.19. The van der Waals surface area contributed by atoms with Crippen molar-refractivity contribution in [2.24, 2.45) is 0 Å². The van der Waals surface area contributed by atoms with E-state index in [0.29, 0.717) is 16.7 Å². The Bertz CT molecular complexity index is 1040. The van der Waals surface area contributed by atoms with Crippen LogP contribution in [0.2, 0.25) is 0 Å². The quantitative estimate of drug-likeness (QED) is 0.536. The van der Waals surface area contributed by atoms with Crippen LogP contribution in [-0.2, 0) is 15.9 Å². The number of hydrogen-bond acceptors (Lipinski definition) is 5. The minimum absolute atomic E-state index is 0.101. The lowest BCUT2D eigenvalue weighted by molar-refractivity contribution is 0.472. The molecule has 3 rings (SSSR count). The maximum Gasteiger partial charge on any atom is 0.339 e. The van der Waals surface area contributed by atoms with Crippen LogP contribution in [0.4, 0.5) is 0 Å². The molecular formula is C18H18O6S. The van der Waals surface area contributed by atoms with E-state index in [-0.39, 0.29) is 17.1 Å². The first-order valence-corrected chi connectivity index (χ1v) is 9.00. The second-order valence-electron chi connectivity index (χ2n) is 5.53. The highest BCUT2D eigenvalue weighted by molar-refractivity contribution is 7.85. The Hall–Kier alpha value is -2.64. The lowest BCUT2D eigenvalue weighted by atomic mass is 10.1. The summed E-state index contributed by atoms with van der Waals surface area (Å²) in [7, 11) is -3.88. The number of fused-ring (bicyclic) bond motifs is 1. The molecule has 0 fully saturated rings. The summed E-state index contributed by atoms with van der Waals surface area (Å²) in [4.78, 5) is 11.3. The highest BCUT2D eigenvalue weighted by atomic mass is 32.2. The average molecular weight is 362 g/mol. The predicted molar refractivity (Wildman–Crippen MR) is 95.3 cm³/mol. The van der Waals surface area contributed by atoms with Crippen LogP contribution in [0.3, 0.4) is 0 Å². The van der Waals surface area contributed by atoms with Crippen LogP contribution in [0.15, 0.2) is 57.7 Å². The molecule has 7 heteroatoms. The number of aryl methyl sites for hydroxylation is 1. The van der Waals surface area contributed by atoms with Crippen LogP contribution in [0, 0.1) is 13.8 Å². The SMILES string of the molecule is Cc1c(C)c2ccc(O)cc2oc1=O.O=S(=O)(O)Cc1ccccc1. The highest BCUT2D eigenvalue weighted by Crippen LogP contribution is 2.22. The van der Waals surface area contributed by atoms with Crippen LogP contribution in [0.1, 0.15) is 16.7 Å². The number of phenols is 1. The van der Waals surface area contributed by atoms with Crippen molar-refractivity contribution in [2.75, 3.05) is 0 Å². The van der Waals surface area contributed by atoms with E-state index in [1.165, 1.54) is 6.07 Å². The van der Waals surface area contributed by atoms with Gasteiger partial charge in [-0.25, -0.2) is 4.79 Å². The van der Waals surface area contributed by atoms with Gasteiger partial charge in [-0.05, 0) is 37.1 Å². The van der Waals surface area contributed by atoms with E-state index in [0.717, 1.165) is 10.9 Å². The van der Waals surface area contributed by atoms with Crippen LogP contribution in [-0.4, -0.2) is 18.1 Å². The topological polar surface area (TPSA) is 105 Å². The fraction of sp³-hybridized carbons (Fsp3) is 0.167. The Kier molecular flexibility index (Phi) is 5.61. The maximum absolute atomic E-state index is 11.3. The molecule has 2 aromatic carbocycles. The van der Waals surface area contributed by atoms with Gasteiger partial charge in [0, 0.05) is 17.0 Å². The standard InChI is InChI=1S/C11H10O3.C7H8O3S/c1-6-7(2)11(13)14-10-5-8(12)3-4-9(6)10;8-11(9,10)6-7-4-2-1-3-5-7/h3-5,12H,1-2H3;1-5H,6H2,(H,8,9,10). The molecule has 0 aliphatic carbocycles. The van der Waals surface area contributed by atoms with Gasteiger partial charge >= 0.3 is 5.63 Å². The Labute approximate surface area is 145 Å². The first-order valence-electron chi connectivity index (χ1n) is 7.39. The van der Waals surface area contributed by atoms with Crippen LogP contribution in [0.25, 0.3) is 11.0 Å². The van der Waals surface area contributed by atoms with Crippen molar-refractivity contribution in [3.05, 3.63) is 75.6 Å². The molecule has 0 aliphatic rings. The van der Waals surface area contributed by atoms with Gasteiger partial charge in [-0.1, -0.05) is 30.3 Å². The third-order valence-electron chi connectivity index (χ3n) is 3.63. The molecule has 0 radical (unpaired) electrons. The first-order chi connectivity index (χ1) is 11.7. The Balaban J connectivity index is 0.000000186. The average Bonchev–Trinajstić information content (AvgIpc) is 2.52. The molecule has 3 aromatic rings. The summed E-state index contributed by atoms with van der Waals surface area (Å²) >= 11 is 0. The van der Waals surface area contributed by atoms with Crippen molar-refractivity contribution in [1.29, 1.82) is 0 Å². The van der Waals surface area contributed by atoms with E-state index in [1.807, 2.05) is 6.92 Å². The van der Waals surface area contributed by atoms with Gasteiger partial charge in [0.25, 0.3) is 10.1 Å². The molecule has 0 bridgehead atoms. The smallest absolute Gasteiger partial charge is 0.339 e. The fourth-order valence-electron chi connectivity index (χ4n) is 2.22. The minimum atomic E-state index is -3.88. The van der Waals surface area contributed by atoms with Crippen molar-refractivity contribution < 1.29 is 22.5 Å². The number of aromatic hydroxyl groups is 1. The van der Waals surface area contributed by atoms with Gasteiger partial charge in [-0.3, -0.25) is 4.55 Å². The van der Waals surface area contributed by atoms with Crippen LogP contribution < -0.4 is 5.63 Å².